The number of hydrogen-bond acceptors (Lipinski definition) is 5. The van der Waals surface area contributed by atoms with E-state index in [0.717, 1.165) is 0 Å². The Morgan fingerprint density at radius 3 is 2.62 bits per heavy atom. The summed E-state index contributed by atoms with van der Waals surface area (Å²) in [4.78, 5) is 35.0. The zero-order valence-electron chi connectivity index (χ0n) is 19.0. The second-order valence-corrected chi connectivity index (χ2v) is 8.30. The third kappa shape index (κ3) is 3.98. The summed E-state index contributed by atoms with van der Waals surface area (Å²) in [5.74, 6) is -1.04. The second kappa shape index (κ2) is 9.17. The Hall–Kier alpha value is -3.88. The number of aliphatic imine (C=N–C) groups is 1. The van der Waals surface area contributed by atoms with Gasteiger partial charge in [0, 0.05) is 49.2 Å². The van der Waals surface area contributed by atoms with E-state index < -0.39 is 18.2 Å². The minimum absolute atomic E-state index is 0.0348. The second-order valence-electron chi connectivity index (χ2n) is 8.30. The molecule has 9 heteroatoms. The first kappa shape index (κ1) is 23.3. The molecule has 2 N–H and O–H groups in total. The number of amides is 1. The fourth-order valence-corrected chi connectivity index (χ4v) is 4.29. The largest absolute Gasteiger partial charge is 0.369 e. The van der Waals surface area contributed by atoms with Gasteiger partial charge in [-0.15, -0.1) is 0 Å². The van der Waals surface area contributed by atoms with Gasteiger partial charge in [0.15, 0.2) is 11.5 Å². The molecule has 3 heterocycles. The lowest BCUT2D eigenvalue weighted by atomic mass is 9.83. The van der Waals surface area contributed by atoms with Gasteiger partial charge in [-0.1, -0.05) is 18.2 Å². The maximum Gasteiger partial charge on any atom is 0.266 e. The molecule has 0 aliphatic carbocycles. The highest BCUT2D eigenvalue weighted by atomic mass is 19.1. The summed E-state index contributed by atoms with van der Waals surface area (Å²) in [6.45, 7) is 1.31. The van der Waals surface area contributed by atoms with Gasteiger partial charge in [-0.3, -0.25) is 18.9 Å². The average Bonchev–Trinajstić information content (AvgIpc) is 3.32. The van der Waals surface area contributed by atoms with Crippen molar-refractivity contribution in [3.8, 4) is 11.1 Å². The van der Waals surface area contributed by atoms with Crippen molar-refractivity contribution >= 4 is 17.6 Å². The topological polar surface area (TPSA) is 93.6 Å². The molecule has 0 saturated carbocycles. The highest BCUT2D eigenvalue weighted by Crippen LogP contribution is 2.41. The minimum atomic E-state index is -1.53. The van der Waals surface area contributed by atoms with Crippen LogP contribution in [0.3, 0.4) is 0 Å². The fraction of sp³-hybridized carbons (Fsp3) is 0.280. The number of likely N-dealkylation sites (N-methyl/N-ethyl adjacent to an activating group) is 1. The van der Waals surface area contributed by atoms with Gasteiger partial charge in [-0.25, -0.2) is 9.98 Å². The summed E-state index contributed by atoms with van der Waals surface area (Å²) in [5.41, 5.74) is 7.00. The van der Waals surface area contributed by atoms with E-state index in [1.807, 2.05) is 0 Å². The van der Waals surface area contributed by atoms with Gasteiger partial charge < -0.3 is 10.3 Å². The van der Waals surface area contributed by atoms with Crippen molar-refractivity contribution < 1.29 is 18.4 Å². The summed E-state index contributed by atoms with van der Waals surface area (Å²) in [6.07, 6.45) is 3.48. The number of pyridine rings is 1. The molecule has 1 aliphatic heterocycles. The molecule has 0 spiro atoms. The van der Waals surface area contributed by atoms with Crippen LogP contribution in [0.4, 0.5) is 8.78 Å². The van der Waals surface area contributed by atoms with Crippen molar-refractivity contribution in [2.45, 2.75) is 31.8 Å². The SMILES string of the molecule is CC(=O)Cc1cc([C@]2(c3cccc(-c4cccnc4F)c3)N=C(N)N(C)C2=O)cn1CCCF. The highest BCUT2D eigenvalue weighted by Gasteiger charge is 2.50. The fourth-order valence-electron chi connectivity index (χ4n) is 4.29. The first-order chi connectivity index (χ1) is 16.3. The van der Waals surface area contributed by atoms with Gasteiger partial charge in [0.25, 0.3) is 5.91 Å². The van der Waals surface area contributed by atoms with Gasteiger partial charge >= 0.3 is 0 Å². The van der Waals surface area contributed by atoms with Gasteiger partial charge in [0.1, 0.15) is 5.78 Å². The van der Waals surface area contributed by atoms with Gasteiger partial charge in [0.05, 0.1) is 6.67 Å². The molecule has 0 fully saturated rings. The summed E-state index contributed by atoms with van der Waals surface area (Å²) in [6, 6.07) is 11.8. The molecular formula is C25H25F2N5O2. The van der Waals surface area contributed by atoms with Crippen LogP contribution in [0.1, 0.15) is 30.2 Å². The Labute approximate surface area is 195 Å². The molecule has 1 amide bonds. The predicted molar refractivity (Wildman–Crippen MR) is 124 cm³/mol. The van der Waals surface area contributed by atoms with Crippen LogP contribution in [0, 0.1) is 5.95 Å². The van der Waals surface area contributed by atoms with Crippen molar-refractivity contribution in [3.05, 3.63) is 77.6 Å². The number of nitrogens with zero attached hydrogens (tertiary/aromatic N) is 4. The monoisotopic (exact) mass is 465 g/mol. The van der Waals surface area contributed by atoms with E-state index in [9.17, 15) is 18.4 Å². The number of nitrogens with two attached hydrogens (primary N) is 1. The Kier molecular flexibility index (Phi) is 6.28. The van der Waals surface area contributed by atoms with Crippen molar-refractivity contribution in [2.75, 3.05) is 13.7 Å². The zero-order valence-corrected chi connectivity index (χ0v) is 19.0. The Bertz CT molecular complexity index is 1290. The highest BCUT2D eigenvalue weighted by molar-refractivity contribution is 6.09. The van der Waals surface area contributed by atoms with Crippen LogP contribution < -0.4 is 5.73 Å². The van der Waals surface area contributed by atoms with Gasteiger partial charge in [-0.2, -0.15) is 4.39 Å². The number of rotatable bonds is 8. The van der Waals surface area contributed by atoms with Crippen LogP contribution in [-0.4, -0.2) is 45.8 Å². The molecule has 7 nitrogen and oxygen atoms in total. The van der Waals surface area contributed by atoms with Crippen LogP contribution >= 0.6 is 0 Å². The van der Waals surface area contributed by atoms with Gasteiger partial charge in [-0.05, 0) is 48.7 Å². The third-order valence-electron chi connectivity index (χ3n) is 5.96. The van der Waals surface area contributed by atoms with E-state index in [2.05, 4.69) is 9.98 Å². The first-order valence-corrected chi connectivity index (χ1v) is 10.9. The van der Waals surface area contributed by atoms with Crippen LogP contribution in [0.15, 0.2) is 59.9 Å². The number of guanidine groups is 1. The van der Waals surface area contributed by atoms with Crippen molar-refractivity contribution in [1.29, 1.82) is 0 Å². The van der Waals surface area contributed by atoms with Crippen molar-refractivity contribution in [2.24, 2.45) is 10.7 Å². The van der Waals surface area contributed by atoms with Crippen LogP contribution in [0.2, 0.25) is 0 Å². The Balaban J connectivity index is 1.92. The molecular weight excluding hydrogens is 440 g/mol. The number of alkyl halides is 1. The number of benzene rings is 1. The van der Waals surface area contributed by atoms with E-state index in [0.29, 0.717) is 28.9 Å². The lowest BCUT2D eigenvalue weighted by Gasteiger charge is -2.25. The minimum Gasteiger partial charge on any atom is -0.369 e. The van der Waals surface area contributed by atoms with E-state index in [1.165, 1.54) is 25.1 Å². The molecule has 176 valence electrons. The average molecular weight is 466 g/mol. The molecule has 1 aliphatic rings. The zero-order chi connectivity index (χ0) is 24.5. The Morgan fingerprint density at radius 2 is 1.97 bits per heavy atom. The standard InChI is InChI=1S/C25H25F2N5O2/c1-16(33)12-20-14-19(15-32(20)11-5-9-26)25(23(34)31(2)24(28)30-25)18-7-3-6-17(13-18)21-8-4-10-29-22(21)27/h3-4,6-8,10,13-15H,5,9,11-12H2,1-2H3,(H2,28,30)/t25-/m0/s1. The number of carbonyl (C=O) groups excluding carboxylic acids is 2. The quantitative estimate of drug-likeness (QED) is 0.517. The molecule has 0 unspecified atom stereocenters. The number of Topliss-reactive ketones (excluding diaryl/α,β-unsaturated/α-hetero) is 1. The van der Waals surface area contributed by atoms with Crippen LogP contribution in [0.5, 0.6) is 0 Å². The number of aryl methyl sites for hydroxylation is 1. The molecule has 1 aromatic carbocycles. The van der Waals surface area contributed by atoms with Crippen molar-refractivity contribution in [1.82, 2.24) is 14.5 Å². The summed E-state index contributed by atoms with van der Waals surface area (Å²) < 4.78 is 29.1. The molecule has 2 aromatic heterocycles. The smallest absolute Gasteiger partial charge is 0.266 e. The third-order valence-corrected chi connectivity index (χ3v) is 5.96. The molecule has 34 heavy (non-hydrogen) atoms. The van der Waals surface area contributed by atoms with Crippen molar-refractivity contribution in [3.63, 3.8) is 0 Å². The van der Waals surface area contributed by atoms with E-state index in [1.54, 1.807) is 53.2 Å². The lowest BCUT2D eigenvalue weighted by molar-refractivity contribution is -0.129. The van der Waals surface area contributed by atoms with E-state index >= 15 is 0 Å². The van der Waals surface area contributed by atoms with Gasteiger partial charge in [0.2, 0.25) is 5.95 Å². The summed E-state index contributed by atoms with van der Waals surface area (Å²) in [7, 11) is 1.53. The number of carbonyl (C=O) groups is 2. The molecule has 0 radical (unpaired) electrons. The van der Waals surface area contributed by atoms with Crippen LogP contribution in [-0.2, 0) is 28.1 Å². The molecule has 4 rings (SSSR count). The summed E-state index contributed by atoms with van der Waals surface area (Å²) >= 11 is 0. The molecule has 0 saturated heterocycles. The number of ketones is 1. The summed E-state index contributed by atoms with van der Waals surface area (Å²) in [5, 5.41) is 0. The van der Waals surface area contributed by atoms with E-state index in [-0.39, 0.29) is 36.1 Å². The lowest BCUT2D eigenvalue weighted by Crippen LogP contribution is -2.41. The number of hydrogen-bond donors (Lipinski definition) is 1. The maximum absolute atomic E-state index is 14.4. The molecule has 3 aromatic rings. The molecule has 0 bridgehead atoms. The maximum atomic E-state index is 14.4. The number of halogens is 2. The predicted octanol–water partition coefficient (Wildman–Crippen LogP) is 3.21. The normalized spacial score (nSPS) is 17.8. The van der Waals surface area contributed by atoms with Crippen LogP contribution in [0.25, 0.3) is 11.1 Å². The number of aromatic nitrogens is 2. The van der Waals surface area contributed by atoms with E-state index in [4.69, 9.17) is 5.73 Å². The first-order valence-electron chi connectivity index (χ1n) is 10.9. The Morgan fingerprint density at radius 1 is 1.18 bits per heavy atom. The molecule has 1 atom stereocenters.